The molecule has 1 fully saturated rings. The summed E-state index contributed by atoms with van der Waals surface area (Å²) < 4.78 is 0. The van der Waals surface area contributed by atoms with E-state index in [1.807, 2.05) is 0 Å². The molecule has 4 N–H and O–H groups in total. The molecular formula is C15H30N2O2. The summed E-state index contributed by atoms with van der Waals surface area (Å²) in [5.41, 5.74) is 5.46. The largest absolute Gasteiger partial charge is 0.396 e. The number of hydrogen-bond donors (Lipinski definition) is 3. The molecule has 1 amide bonds. The highest BCUT2D eigenvalue weighted by Gasteiger charge is 2.40. The predicted octanol–water partition coefficient (Wildman–Crippen LogP) is 1.81. The van der Waals surface area contributed by atoms with Crippen LogP contribution in [0.1, 0.15) is 59.3 Å². The van der Waals surface area contributed by atoms with Crippen molar-refractivity contribution in [1.82, 2.24) is 5.32 Å². The molecule has 19 heavy (non-hydrogen) atoms. The van der Waals surface area contributed by atoms with Crippen molar-refractivity contribution in [2.45, 2.75) is 65.3 Å². The predicted molar refractivity (Wildman–Crippen MR) is 77.7 cm³/mol. The molecule has 0 aromatic carbocycles. The van der Waals surface area contributed by atoms with Gasteiger partial charge in [-0.05, 0) is 24.7 Å². The molecule has 1 atom stereocenters. The Morgan fingerprint density at radius 3 is 2.32 bits per heavy atom. The van der Waals surface area contributed by atoms with Crippen molar-refractivity contribution in [2.24, 2.45) is 16.6 Å². The number of aliphatic hydroxyl groups excluding tert-OH is 1. The SMILES string of the molecule is CC(C)(C)C(CCO)NC(=O)C1(CN)CCCCC1. The topological polar surface area (TPSA) is 75.3 Å². The van der Waals surface area contributed by atoms with Crippen molar-refractivity contribution in [1.29, 1.82) is 0 Å². The van der Waals surface area contributed by atoms with Crippen molar-refractivity contribution in [3.63, 3.8) is 0 Å². The van der Waals surface area contributed by atoms with Crippen molar-refractivity contribution in [3.8, 4) is 0 Å². The maximum Gasteiger partial charge on any atom is 0.227 e. The second-order valence-corrected chi connectivity index (χ2v) is 6.95. The summed E-state index contributed by atoms with van der Waals surface area (Å²) in [5, 5.41) is 12.3. The number of nitrogens with one attached hydrogen (secondary N) is 1. The minimum Gasteiger partial charge on any atom is -0.396 e. The van der Waals surface area contributed by atoms with E-state index in [-0.39, 0.29) is 29.4 Å². The summed E-state index contributed by atoms with van der Waals surface area (Å²) >= 11 is 0. The van der Waals surface area contributed by atoms with Crippen LogP contribution in [0.3, 0.4) is 0 Å². The first-order chi connectivity index (χ1) is 8.85. The van der Waals surface area contributed by atoms with Gasteiger partial charge in [0.15, 0.2) is 0 Å². The molecule has 1 unspecified atom stereocenters. The maximum atomic E-state index is 12.6. The lowest BCUT2D eigenvalue weighted by molar-refractivity contribution is -0.134. The molecule has 1 rings (SSSR count). The highest BCUT2D eigenvalue weighted by atomic mass is 16.3. The summed E-state index contributed by atoms with van der Waals surface area (Å²) in [4.78, 5) is 12.6. The number of carbonyl (C=O) groups excluding carboxylic acids is 1. The van der Waals surface area contributed by atoms with Crippen LogP contribution in [-0.4, -0.2) is 30.2 Å². The Bertz CT molecular complexity index is 291. The highest BCUT2D eigenvalue weighted by Crippen LogP contribution is 2.36. The van der Waals surface area contributed by atoms with Gasteiger partial charge in [-0.25, -0.2) is 0 Å². The van der Waals surface area contributed by atoms with Gasteiger partial charge in [-0.15, -0.1) is 0 Å². The van der Waals surface area contributed by atoms with Gasteiger partial charge in [0.05, 0.1) is 5.41 Å². The van der Waals surface area contributed by atoms with Crippen LogP contribution in [-0.2, 0) is 4.79 Å². The molecule has 0 aromatic heterocycles. The molecule has 0 aromatic rings. The van der Waals surface area contributed by atoms with Gasteiger partial charge in [-0.3, -0.25) is 4.79 Å². The summed E-state index contributed by atoms with van der Waals surface area (Å²) in [7, 11) is 0. The minimum atomic E-state index is -0.378. The molecule has 1 saturated carbocycles. The van der Waals surface area contributed by atoms with E-state index in [4.69, 9.17) is 10.8 Å². The standard InChI is InChI=1S/C15H30N2O2/c1-14(2,3)12(7-10-18)17-13(19)15(11-16)8-5-4-6-9-15/h12,18H,4-11,16H2,1-3H3,(H,17,19). The Labute approximate surface area is 117 Å². The zero-order valence-corrected chi connectivity index (χ0v) is 12.7. The number of carbonyl (C=O) groups is 1. The molecule has 0 bridgehead atoms. The van der Waals surface area contributed by atoms with E-state index in [2.05, 4.69) is 26.1 Å². The van der Waals surface area contributed by atoms with Crippen LogP contribution in [0.5, 0.6) is 0 Å². The first kappa shape index (κ1) is 16.4. The summed E-state index contributed by atoms with van der Waals surface area (Å²) in [6.45, 7) is 6.78. The highest BCUT2D eigenvalue weighted by molar-refractivity contribution is 5.83. The van der Waals surface area contributed by atoms with E-state index in [0.717, 1.165) is 25.7 Å². The molecule has 1 aliphatic carbocycles. The minimum absolute atomic E-state index is 0.00430. The number of nitrogens with two attached hydrogens (primary N) is 1. The molecule has 1 aliphatic rings. The first-order valence-corrected chi connectivity index (χ1v) is 7.47. The van der Waals surface area contributed by atoms with Gasteiger partial charge in [0, 0.05) is 19.2 Å². The van der Waals surface area contributed by atoms with Crippen LogP contribution in [0.4, 0.5) is 0 Å². The van der Waals surface area contributed by atoms with Gasteiger partial charge in [0.25, 0.3) is 0 Å². The van der Waals surface area contributed by atoms with Crippen LogP contribution in [0.25, 0.3) is 0 Å². The van der Waals surface area contributed by atoms with Crippen molar-refractivity contribution < 1.29 is 9.90 Å². The molecule has 4 nitrogen and oxygen atoms in total. The first-order valence-electron chi connectivity index (χ1n) is 7.47. The van der Waals surface area contributed by atoms with Crippen molar-refractivity contribution >= 4 is 5.91 Å². The smallest absolute Gasteiger partial charge is 0.227 e. The molecule has 0 heterocycles. The number of rotatable bonds is 5. The monoisotopic (exact) mass is 270 g/mol. The van der Waals surface area contributed by atoms with Crippen LogP contribution < -0.4 is 11.1 Å². The van der Waals surface area contributed by atoms with E-state index < -0.39 is 0 Å². The number of aliphatic hydroxyl groups is 1. The molecule has 0 spiro atoms. The third kappa shape index (κ3) is 4.18. The maximum absolute atomic E-state index is 12.6. The fourth-order valence-electron chi connectivity index (χ4n) is 2.91. The molecule has 0 radical (unpaired) electrons. The van der Waals surface area contributed by atoms with E-state index >= 15 is 0 Å². The van der Waals surface area contributed by atoms with Gasteiger partial charge >= 0.3 is 0 Å². The number of hydrogen-bond acceptors (Lipinski definition) is 3. The van der Waals surface area contributed by atoms with E-state index in [1.165, 1.54) is 6.42 Å². The van der Waals surface area contributed by atoms with E-state index in [9.17, 15) is 4.79 Å². The van der Waals surface area contributed by atoms with Crippen LogP contribution in [0.2, 0.25) is 0 Å². The quantitative estimate of drug-likeness (QED) is 0.713. The Morgan fingerprint density at radius 2 is 1.89 bits per heavy atom. The fourth-order valence-corrected chi connectivity index (χ4v) is 2.91. The van der Waals surface area contributed by atoms with Gasteiger partial charge in [-0.1, -0.05) is 40.0 Å². The second kappa shape index (κ2) is 6.71. The number of amides is 1. The van der Waals surface area contributed by atoms with E-state index in [0.29, 0.717) is 13.0 Å². The Hall–Kier alpha value is -0.610. The van der Waals surface area contributed by atoms with Crippen LogP contribution >= 0.6 is 0 Å². The zero-order chi connectivity index (χ0) is 14.5. The van der Waals surface area contributed by atoms with Crippen LogP contribution in [0, 0.1) is 10.8 Å². The summed E-state index contributed by atoms with van der Waals surface area (Å²) in [5.74, 6) is 0.0862. The van der Waals surface area contributed by atoms with Gasteiger partial charge in [0.2, 0.25) is 5.91 Å². The lowest BCUT2D eigenvalue weighted by Gasteiger charge is -2.39. The second-order valence-electron chi connectivity index (χ2n) is 6.95. The van der Waals surface area contributed by atoms with Gasteiger partial charge in [0.1, 0.15) is 0 Å². The van der Waals surface area contributed by atoms with Crippen LogP contribution in [0.15, 0.2) is 0 Å². The average Bonchev–Trinajstić information content (AvgIpc) is 2.37. The van der Waals surface area contributed by atoms with Crippen molar-refractivity contribution in [2.75, 3.05) is 13.2 Å². The lowest BCUT2D eigenvalue weighted by atomic mass is 9.72. The molecule has 112 valence electrons. The summed E-state index contributed by atoms with van der Waals surface area (Å²) in [6.07, 6.45) is 5.76. The third-order valence-electron chi connectivity index (χ3n) is 4.45. The zero-order valence-electron chi connectivity index (χ0n) is 12.7. The Balaban J connectivity index is 2.74. The van der Waals surface area contributed by atoms with Gasteiger partial charge < -0.3 is 16.2 Å². The normalized spacial score (nSPS) is 20.9. The summed E-state index contributed by atoms with van der Waals surface area (Å²) in [6, 6.07) is -0.00430. The Morgan fingerprint density at radius 1 is 1.32 bits per heavy atom. The molecular weight excluding hydrogens is 240 g/mol. The third-order valence-corrected chi connectivity index (χ3v) is 4.45. The van der Waals surface area contributed by atoms with Gasteiger partial charge in [-0.2, -0.15) is 0 Å². The fraction of sp³-hybridized carbons (Fsp3) is 0.933. The average molecular weight is 270 g/mol. The van der Waals surface area contributed by atoms with Crippen molar-refractivity contribution in [3.05, 3.63) is 0 Å². The lowest BCUT2D eigenvalue weighted by Crippen LogP contribution is -2.53. The van der Waals surface area contributed by atoms with E-state index in [1.54, 1.807) is 0 Å². The molecule has 0 saturated heterocycles. The molecule has 4 heteroatoms. The Kier molecular flexibility index (Phi) is 5.81. The molecule has 0 aliphatic heterocycles.